The molecule has 2 aromatic carbocycles. The van der Waals surface area contributed by atoms with Crippen molar-refractivity contribution in [2.45, 2.75) is 25.9 Å². The van der Waals surface area contributed by atoms with Gasteiger partial charge in [0, 0.05) is 18.8 Å². The van der Waals surface area contributed by atoms with Gasteiger partial charge in [0.25, 0.3) is 0 Å². The summed E-state index contributed by atoms with van der Waals surface area (Å²) in [6, 6.07) is 13.1. The number of halogens is 1. The lowest BCUT2D eigenvalue weighted by Crippen LogP contribution is -2.70. The van der Waals surface area contributed by atoms with Crippen LogP contribution in [0.2, 0.25) is 0 Å². The summed E-state index contributed by atoms with van der Waals surface area (Å²) in [6.07, 6.45) is 1.00. The smallest absolute Gasteiger partial charge is 0.247 e. The van der Waals surface area contributed by atoms with Crippen molar-refractivity contribution in [1.82, 2.24) is 9.62 Å². The van der Waals surface area contributed by atoms with E-state index < -0.39 is 39.7 Å². The van der Waals surface area contributed by atoms with Crippen LogP contribution in [0.4, 0.5) is 10.1 Å². The van der Waals surface area contributed by atoms with Crippen molar-refractivity contribution in [2.24, 2.45) is 0 Å². The van der Waals surface area contributed by atoms with Crippen LogP contribution in [0.3, 0.4) is 0 Å². The average Bonchev–Trinajstić information content (AvgIpc) is 2.67. The molecule has 2 amide bonds. The SMILES string of the molecule is Cc1cc(F)ccc1N1C(=O)CN(S(C)(=O)=O)C[C@@]1(C)C(=O)NCc1ccccc1. The fourth-order valence-corrected chi connectivity index (χ4v) is 4.44. The standard InChI is InChI=1S/C21H24FN3O4S/c1-15-11-17(22)9-10-18(15)25-19(26)13-24(30(3,28)29)14-21(25,2)20(27)23-12-16-7-5-4-6-8-16/h4-11H,12-14H2,1-3H3,(H,23,27)/t21-/m0/s1. The Balaban J connectivity index is 2.00. The molecule has 1 fully saturated rings. The molecule has 1 atom stereocenters. The fraction of sp³-hybridized carbons (Fsp3) is 0.333. The number of sulfonamides is 1. The molecule has 0 bridgehead atoms. The highest BCUT2D eigenvalue weighted by Crippen LogP contribution is 2.33. The minimum atomic E-state index is -3.71. The van der Waals surface area contributed by atoms with Crippen LogP contribution < -0.4 is 10.2 Å². The molecule has 0 spiro atoms. The van der Waals surface area contributed by atoms with E-state index in [2.05, 4.69) is 5.32 Å². The Kier molecular flexibility index (Phi) is 5.96. The number of amides is 2. The van der Waals surface area contributed by atoms with Crippen LogP contribution in [0.25, 0.3) is 0 Å². The van der Waals surface area contributed by atoms with Crippen LogP contribution in [0.5, 0.6) is 0 Å². The van der Waals surface area contributed by atoms with Gasteiger partial charge in [-0.25, -0.2) is 12.8 Å². The van der Waals surface area contributed by atoms with E-state index in [9.17, 15) is 22.4 Å². The predicted octanol–water partition coefficient (Wildman–Crippen LogP) is 1.82. The molecule has 0 aliphatic carbocycles. The normalized spacial score (nSPS) is 20.3. The van der Waals surface area contributed by atoms with Crippen LogP contribution >= 0.6 is 0 Å². The van der Waals surface area contributed by atoms with E-state index in [0.717, 1.165) is 16.1 Å². The third-order valence-electron chi connectivity index (χ3n) is 5.19. The Morgan fingerprint density at radius 3 is 2.47 bits per heavy atom. The number of anilines is 1. The van der Waals surface area contributed by atoms with Gasteiger partial charge in [-0.1, -0.05) is 30.3 Å². The van der Waals surface area contributed by atoms with Crippen molar-refractivity contribution >= 4 is 27.5 Å². The Hall–Kier alpha value is -2.78. The number of hydrogen-bond acceptors (Lipinski definition) is 4. The number of aryl methyl sites for hydroxylation is 1. The lowest BCUT2D eigenvalue weighted by molar-refractivity contribution is -0.133. The molecular weight excluding hydrogens is 409 g/mol. The highest BCUT2D eigenvalue weighted by molar-refractivity contribution is 7.88. The van der Waals surface area contributed by atoms with E-state index >= 15 is 0 Å². The maximum Gasteiger partial charge on any atom is 0.247 e. The average molecular weight is 434 g/mol. The number of piperazine rings is 1. The molecule has 9 heteroatoms. The molecule has 0 unspecified atom stereocenters. The lowest BCUT2D eigenvalue weighted by atomic mass is 9.93. The van der Waals surface area contributed by atoms with Crippen molar-refractivity contribution < 1.29 is 22.4 Å². The third kappa shape index (κ3) is 4.36. The van der Waals surface area contributed by atoms with Crippen LogP contribution in [-0.2, 0) is 26.2 Å². The number of rotatable bonds is 5. The van der Waals surface area contributed by atoms with E-state index in [1.54, 1.807) is 6.92 Å². The van der Waals surface area contributed by atoms with Gasteiger partial charge in [-0.3, -0.25) is 14.5 Å². The molecule has 2 aromatic rings. The van der Waals surface area contributed by atoms with E-state index in [-0.39, 0.29) is 13.1 Å². The van der Waals surface area contributed by atoms with Crippen LogP contribution in [0, 0.1) is 12.7 Å². The number of carbonyl (C=O) groups is 2. The number of carbonyl (C=O) groups excluding carboxylic acids is 2. The summed E-state index contributed by atoms with van der Waals surface area (Å²) in [5, 5.41) is 2.80. The van der Waals surface area contributed by atoms with Gasteiger partial charge in [0.05, 0.1) is 12.8 Å². The van der Waals surface area contributed by atoms with Gasteiger partial charge >= 0.3 is 0 Å². The summed E-state index contributed by atoms with van der Waals surface area (Å²) in [4.78, 5) is 27.6. The molecule has 30 heavy (non-hydrogen) atoms. The Morgan fingerprint density at radius 1 is 1.20 bits per heavy atom. The predicted molar refractivity (Wildman–Crippen MR) is 112 cm³/mol. The van der Waals surface area contributed by atoms with Crippen LogP contribution in [-0.4, -0.2) is 49.4 Å². The Bertz CT molecular complexity index is 1070. The Labute approximate surface area is 175 Å². The first-order chi connectivity index (χ1) is 14.0. The molecule has 0 aromatic heterocycles. The van der Waals surface area contributed by atoms with Gasteiger partial charge < -0.3 is 5.32 Å². The zero-order valence-electron chi connectivity index (χ0n) is 17.1. The number of hydrogen-bond donors (Lipinski definition) is 1. The minimum absolute atomic E-state index is 0.213. The number of nitrogens with one attached hydrogen (secondary N) is 1. The first kappa shape index (κ1) is 21.9. The molecule has 3 rings (SSSR count). The Morgan fingerprint density at radius 2 is 1.87 bits per heavy atom. The first-order valence-corrected chi connectivity index (χ1v) is 11.2. The zero-order valence-corrected chi connectivity index (χ0v) is 17.9. The number of benzene rings is 2. The summed E-state index contributed by atoms with van der Waals surface area (Å²) in [7, 11) is -3.71. The van der Waals surface area contributed by atoms with Gasteiger partial charge in [0.1, 0.15) is 11.4 Å². The van der Waals surface area contributed by atoms with Crippen LogP contribution in [0.1, 0.15) is 18.1 Å². The first-order valence-electron chi connectivity index (χ1n) is 9.39. The van der Waals surface area contributed by atoms with Gasteiger partial charge in [0.2, 0.25) is 21.8 Å². The van der Waals surface area contributed by atoms with Gasteiger partial charge in [-0.15, -0.1) is 0 Å². The van der Waals surface area contributed by atoms with E-state index in [0.29, 0.717) is 11.3 Å². The summed E-state index contributed by atoms with van der Waals surface area (Å²) < 4.78 is 38.9. The molecule has 7 nitrogen and oxygen atoms in total. The highest BCUT2D eigenvalue weighted by Gasteiger charge is 2.50. The van der Waals surface area contributed by atoms with Crippen molar-refractivity contribution in [3.05, 3.63) is 65.5 Å². The van der Waals surface area contributed by atoms with Crippen molar-refractivity contribution in [3.63, 3.8) is 0 Å². The molecule has 0 radical (unpaired) electrons. The fourth-order valence-electron chi connectivity index (χ4n) is 3.61. The third-order valence-corrected chi connectivity index (χ3v) is 6.39. The summed E-state index contributed by atoms with van der Waals surface area (Å²) >= 11 is 0. The molecule has 1 aliphatic rings. The molecule has 160 valence electrons. The molecular formula is C21H24FN3O4S. The summed E-state index contributed by atoms with van der Waals surface area (Å²) in [5.41, 5.74) is 0.182. The van der Waals surface area contributed by atoms with Crippen molar-refractivity contribution in [1.29, 1.82) is 0 Å². The van der Waals surface area contributed by atoms with Crippen molar-refractivity contribution in [2.75, 3.05) is 24.2 Å². The lowest BCUT2D eigenvalue weighted by Gasteiger charge is -2.46. The van der Waals surface area contributed by atoms with Gasteiger partial charge in [-0.05, 0) is 43.2 Å². The largest absolute Gasteiger partial charge is 0.350 e. The van der Waals surface area contributed by atoms with Crippen molar-refractivity contribution in [3.8, 4) is 0 Å². The molecule has 1 N–H and O–H groups in total. The van der Waals surface area contributed by atoms with E-state index in [1.807, 2.05) is 30.3 Å². The van der Waals surface area contributed by atoms with Crippen LogP contribution in [0.15, 0.2) is 48.5 Å². The second kappa shape index (κ2) is 8.16. The molecule has 1 saturated heterocycles. The maximum absolute atomic E-state index is 13.6. The monoisotopic (exact) mass is 433 g/mol. The maximum atomic E-state index is 13.6. The second-order valence-corrected chi connectivity index (χ2v) is 9.62. The zero-order chi connectivity index (χ0) is 22.1. The molecule has 1 aliphatic heterocycles. The topological polar surface area (TPSA) is 86.8 Å². The van der Waals surface area contributed by atoms with Gasteiger partial charge in [-0.2, -0.15) is 4.31 Å². The van der Waals surface area contributed by atoms with Gasteiger partial charge in [0.15, 0.2) is 0 Å². The summed E-state index contributed by atoms with van der Waals surface area (Å²) in [5.74, 6) is -1.52. The number of nitrogens with zero attached hydrogens (tertiary/aromatic N) is 2. The quantitative estimate of drug-likeness (QED) is 0.779. The molecule has 1 heterocycles. The molecule has 0 saturated carbocycles. The van der Waals surface area contributed by atoms with E-state index in [1.165, 1.54) is 30.0 Å². The minimum Gasteiger partial charge on any atom is -0.350 e. The van der Waals surface area contributed by atoms with E-state index in [4.69, 9.17) is 0 Å². The summed E-state index contributed by atoms with van der Waals surface area (Å²) in [6.45, 7) is 2.77. The highest BCUT2D eigenvalue weighted by atomic mass is 32.2. The second-order valence-electron chi connectivity index (χ2n) is 7.63.